The number of hydrogen-bond donors (Lipinski definition) is 1. The number of thioether (sulfide) groups is 1. The second-order valence-corrected chi connectivity index (χ2v) is 6.06. The Balaban J connectivity index is 2.01. The van der Waals surface area contributed by atoms with Crippen LogP contribution < -0.4 is 5.32 Å². The number of nitrogens with zero attached hydrogens (tertiary/aromatic N) is 2. The van der Waals surface area contributed by atoms with Gasteiger partial charge in [-0.3, -0.25) is 4.98 Å². The van der Waals surface area contributed by atoms with Crippen molar-refractivity contribution in [1.82, 2.24) is 15.3 Å². The maximum absolute atomic E-state index is 4.29. The normalized spacial score (nSPS) is 12.6. The third-order valence-electron chi connectivity index (χ3n) is 3.29. The van der Waals surface area contributed by atoms with Crippen molar-refractivity contribution in [3.05, 3.63) is 54.0 Å². The van der Waals surface area contributed by atoms with Crippen LogP contribution in [-0.4, -0.2) is 22.8 Å². The second-order valence-electron chi connectivity index (χ2n) is 5.02. The minimum atomic E-state index is 0.322. The summed E-state index contributed by atoms with van der Waals surface area (Å²) >= 11 is 1.72. The van der Waals surface area contributed by atoms with Crippen molar-refractivity contribution in [2.24, 2.45) is 0 Å². The van der Waals surface area contributed by atoms with E-state index in [2.05, 4.69) is 53.4 Å². The van der Waals surface area contributed by atoms with Gasteiger partial charge in [-0.05, 0) is 24.1 Å². The number of rotatable bonds is 6. The zero-order valence-electron chi connectivity index (χ0n) is 12.2. The summed E-state index contributed by atoms with van der Waals surface area (Å²) in [5.74, 6) is 1.52. The van der Waals surface area contributed by atoms with Crippen LogP contribution in [0.1, 0.15) is 36.9 Å². The Hall–Kier alpha value is -1.39. The minimum Gasteiger partial charge on any atom is -0.312 e. The van der Waals surface area contributed by atoms with Gasteiger partial charge in [0.15, 0.2) is 0 Å². The molecule has 0 aliphatic rings. The number of aromatic nitrogens is 2. The first-order chi connectivity index (χ1) is 9.70. The van der Waals surface area contributed by atoms with Gasteiger partial charge in [0.05, 0.1) is 6.20 Å². The number of benzene rings is 1. The lowest BCUT2D eigenvalue weighted by molar-refractivity contribution is 0.660. The summed E-state index contributed by atoms with van der Waals surface area (Å²) < 4.78 is 0. The van der Waals surface area contributed by atoms with E-state index in [1.807, 2.05) is 7.05 Å². The van der Waals surface area contributed by atoms with Gasteiger partial charge in [-0.15, -0.1) is 11.8 Å². The summed E-state index contributed by atoms with van der Waals surface area (Å²) in [5.41, 5.74) is 2.69. The maximum Gasteiger partial charge on any atom is 0.114 e. The Kier molecular flexibility index (Phi) is 5.56. The summed E-state index contributed by atoms with van der Waals surface area (Å²) in [5, 5.41) is 4.33. The molecule has 0 fully saturated rings. The molecule has 4 heteroatoms. The topological polar surface area (TPSA) is 37.8 Å². The average molecular weight is 287 g/mol. The van der Waals surface area contributed by atoms with Crippen molar-refractivity contribution in [1.29, 1.82) is 0 Å². The standard InChI is InChI=1S/C16H21N3S/c1-12(2)13-4-6-14(7-5-13)15(17-3)11-20-16-10-18-8-9-19-16/h4-10,12,15,17H,11H2,1-3H3. The molecule has 0 saturated heterocycles. The Morgan fingerprint density at radius 1 is 1.10 bits per heavy atom. The highest BCUT2D eigenvalue weighted by Crippen LogP contribution is 2.24. The second kappa shape index (κ2) is 7.41. The highest BCUT2D eigenvalue weighted by Gasteiger charge is 2.10. The predicted molar refractivity (Wildman–Crippen MR) is 85.1 cm³/mol. The maximum atomic E-state index is 4.29. The van der Waals surface area contributed by atoms with Crippen molar-refractivity contribution >= 4 is 11.8 Å². The zero-order chi connectivity index (χ0) is 14.4. The fraction of sp³-hybridized carbons (Fsp3) is 0.375. The van der Waals surface area contributed by atoms with Crippen LogP contribution in [0.15, 0.2) is 47.9 Å². The fourth-order valence-corrected chi connectivity index (χ4v) is 2.96. The highest BCUT2D eigenvalue weighted by atomic mass is 32.2. The molecular weight excluding hydrogens is 266 g/mol. The molecule has 1 aromatic heterocycles. The Morgan fingerprint density at radius 2 is 1.80 bits per heavy atom. The molecule has 0 saturated carbocycles. The summed E-state index contributed by atoms with van der Waals surface area (Å²) in [7, 11) is 2.00. The molecule has 0 aliphatic carbocycles. The van der Waals surface area contributed by atoms with E-state index >= 15 is 0 Å². The van der Waals surface area contributed by atoms with Gasteiger partial charge in [0.25, 0.3) is 0 Å². The lowest BCUT2D eigenvalue weighted by Gasteiger charge is -2.17. The first kappa shape index (κ1) is 15.0. The van der Waals surface area contributed by atoms with Crippen LogP contribution in [0.4, 0.5) is 0 Å². The molecular formula is C16H21N3S. The van der Waals surface area contributed by atoms with Crippen molar-refractivity contribution < 1.29 is 0 Å². The largest absolute Gasteiger partial charge is 0.312 e. The van der Waals surface area contributed by atoms with Crippen LogP contribution in [0.3, 0.4) is 0 Å². The third kappa shape index (κ3) is 4.05. The van der Waals surface area contributed by atoms with Gasteiger partial charge < -0.3 is 5.32 Å². The van der Waals surface area contributed by atoms with Crippen molar-refractivity contribution in [2.45, 2.75) is 30.8 Å². The lowest BCUT2D eigenvalue weighted by atomic mass is 10.00. The summed E-state index contributed by atoms with van der Waals surface area (Å²) in [6, 6.07) is 9.19. The Bertz CT molecular complexity index is 511. The average Bonchev–Trinajstić information content (AvgIpc) is 2.49. The molecule has 2 aromatic rings. The molecule has 0 bridgehead atoms. The summed E-state index contributed by atoms with van der Waals surface area (Å²) in [6.45, 7) is 4.43. The zero-order valence-corrected chi connectivity index (χ0v) is 13.0. The van der Waals surface area contributed by atoms with Crippen molar-refractivity contribution in [3.8, 4) is 0 Å². The molecule has 1 aromatic carbocycles. The fourth-order valence-electron chi connectivity index (χ4n) is 1.99. The molecule has 106 valence electrons. The SMILES string of the molecule is CNC(CSc1cnccn1)c1ccc(C(C)C)cc1. The molecule has 1 unspecified atom stereocenters. The Morgan fingerprint density at radius 3 is 2.35 bits per heavy atom. The van der Waals surface area contributed by atoms with Crippen LogP contribution in [-0.2, 0) is 0 Å². The number of hydrogen-bond acceptors (Lipinski definition) is 4. The first-order valence-corrected chi connectivity index (χ1v) is 7.85. The number of nitrogens with one attached hydrogen (secondary N) is 1. The van der Waals surface area contributed by atoms with E-state index in [0.717, 1.165) is 10.8 Å². The van der Waals surface area contributed by atoms with E-state index in [4.69, 9.17) is 0 Å². The van der Waals surface area contributed by atoms with Gasteiger partial charge >= 0.3 is 0 Å². The third-order valence-corrected chi connectivity index (χ3v) is 4.30. The summed E-state index contributed by atoms with van der Waals surface area (Å²) in [6.07, 6.45) is 5.23. The van der Waals surface area contributed by atoms with Crippen LogP contribution >= 0.6 is 11.8 Å². The van der Waals surface area contributed by atoms with Gasteiger partial charge in [0, 0.05) is 24.2 Å². The van der Waals surface area contributed by atoms with Gasteiger partial charge in [-0.25, -0.2) is 4.98 Å². The molecule has 0 spiro atoms. The van der Waals surface area contributed by atoms with Gasteiger partial charge in [-0.1, -0.05) is 38.1 Å². The predicted octanol–water partition coefficient (Wildman–Crippen LogP) is 3.65. The van der Waals surface area contributed by atoms with E-state index in [1.54, 1.807) is 30.4 Å². The molecule has 2 rings (SSSR count). The Labute approximate surface area is 125 Å². The molecule has 0 aliphatic heterocycles. The van der Waals surface area contributed by atoms with Crippen LogP contribution in [0.25, 0.3) is 0 Å². The van der Waals surface area contributed by atoms with Crippen molar-refractivity contribution in [2.75, 3.05) is 12.8 Å². The quantitative estimate of drug-likeness (QED) is 0.823. The van der Waals surface area contributed by atoms with Crippen molar-refractivity contribution in [3.63, 3.8) is 0 Å². The monoisotopic (exact) mass is 287 g/mol. The van der Waals surface area contributed by atoms with Gasteiger partial charge in [0.2, 0.25) is 0 Å². The van der Waals surface area contributed by atoms with E-state index in [1.165, 1.54) is 11.1 Å². The molecule has 1 atom stereocenters. The van der Waals surface area contributed by atoms with E-state index in [0.29, 0.717) is 12.0 Å². The van der Waals surface area contributed by atoms with Crippen LogP contribution in [0.5, 0.6) is 0 Å². The van der Waals surface area contributed by atoms with Crippen LogP contribution in [0, 0.1) is 0 Å². The minimum absolute atomic E-state index is 0.322. The molecule has 1 heterocycles. The molecule has 3 nitrogen and oxygen atoms in total. The lowest BCUT2D eigenvalue weighted by Crippen LogP contribution is -2.18. The molecule has 20 heavy (non-hydrogen) atoms. The first-order valence-electron chi connectivity index (χ1n) is 6.86. The van der Waals surface area contributed by atoms with Gasteiger partial charge in [-0.2, -0.15) is 0 Å². The van der Waals surface area contributed by atoms with E-state index < -0.39 is 0 Å². The van der Waals surface area contributed by atoms with Crippen LogP contribution in [0.2, 0.25) is 0 Å². The molecule has 0 amide bonds. The smallest absolute Gasteiger partial charge is 0.114 e. The summed E-state index contributed by atoms with van der Waals surface area (Å²) in [4.78, 5) is 8.38. The van der Waals surface area contributed by atoms with Gasteiger partial charge in [0.1, 0.15) is 5.03 Å². The van der Waals surface area contributed by atoms with E-state index in [-0.39, 0.29) is 0 Å². The highest BCUT2D eigenvalue weighted by molar-refractivity contribution is 7.99. The molecule has 1 N–H and O–H groups in total. The van der Waals surface area contributed by atoms with E-state index in [9.17, 15) is 0 Å². The molecule has 0 radical (unpaired) electrons.